The van der Waals surface area contributed by atoms with Crippen molar-refractivity contribution in [1.82, 2.24) is 4.09 Å². The van der Waals surface area contributed by atoms with Crippen molar-refractivity contribution in [2.24, 2.45) is 0 Å². The summed E-state index contributed by atoms with van der Waals surface area (Å²) in [5, 5.41) is 10.3. The summed E-state index contributed by atoms with van der Waals surface area (Å²) in [6.45, 7) is 0. The van der Waals surface area contributed by atoms with Gasteiger partial charge in [-0.2, -0.15) is 0 Å². The van der Waals surface area contributed by atoms with Crippen LogP contribution in [0.2, 0.25) is 5.15 Å². The monoisotopic (exact) mass is 225 g/mol. The van der Waals surface area contributed by atoms with Crippen LogP contribution in [-0.4, -0.2) is 38.7 Å². The summed E-state index contributed by atoms with van der Waals surface area (Å²) in [6, 6.07) is 7.19. The third-order valence-electron chi connectivity index (χ3n) is 1.74. The molecule has 0 unspecified atom stereocenters. The fourth-order valence-corrected chi connectivity index (χ4v) is 1.58. The van der Waals surface area contributed by atoms with Gasteiger partial charge in [-0.1, -0.05) is 23.7 Å². The van der Waals surface area contributed by atoms with Crippen molar-refractivity contribution in [3.8, 4) is 5.75 Å². The number of fused-ring (bicyclic) bond motifs is 1. The first-order valence-electron chi connectivity index (χ1n) is 3.36. The molecule has 0 aliphatic rings. The van der Waals surface area contributed by atoms with Crippen molar-refractivity contribution in [3.63, 3.8) is 0 Å². The first kappa shape index (κ1) is 11.2. The first-order chi connectivity index (χ1) is 5.72. The van der Waals surface area contributed by atoms with Gasteiger partial charge in [0.15, 0.2) is 10.9 Å². The topological polar surface area (TPSA) is 25.2 Å². The van der Waals surface area contributed by atoms with Gasteiger partial charge < -0.3 is 5.11 Å². The summed E-state index contributed by atoms with van der Waals surface area (Å²) < 4.78 is 1.23. The molecule has 0 saturated carbocycles. The zero-order chi connectivity index (χ0) is 8.72. The third kappa shape index (κ3) is 1.69. The zero-order valence-electron chi connectivity index (χ0n) is 5.96. The van der Waals surface area contributed by atoms with E-state index >= 15 is 0 Å². The van der Waals surface area contributed by atoms with Crippen LogP contribution in [0.3, 0.4) is 0 Å². The minimum absolute atomic E-state index is 0. The van der Waals surface area contributed by atoms with Gasteiger partial charge in [0.05, 0.1) is 5.52 Å². The molecule has 0 aliphatic heterocycles. The van der Waals surface area contributed by atoms with Gasteiger partial charge in [0.1, 0.15) is 0 Å². The Bertz CT molecular complexity index is 402. The molecule has 0 atom stereocenters. The molecule has 0 saturated heterocycles. The van der Waals surface area contributed by atoms with E-state index in [1.165, 1.54) is 4.09 Å². The molecule has 2 rings (SSSR count). The molecular weight excluding hydrogens is 220 g/mol. The zero-order valence-corrected chi connectivity index (χ0v) is 7.47. The van der Waals surface area contributed by atoms with Gasteiger partial charge in [-0.05, 0) is 12.1 Å². The number of aromatic hydroxyl groups is 1. The van der Waals surface area contributed by atoms with Crippen molar-refractivity contribution in [1.29, 1.82) is 0 Å². The van der Waals surface area contributed by atoms with Crippen LogP contribution in [0, 0.1) is 0 Å². The van der Waals surface area contributed by atoms with E-state index < -0.39 is 0 Å². The Morgan fingerprint density at radius 3 is 2.46 bits per heavy atom. The van der Waals surface area contributed by atoms with Crippen LogP contribution in [0.5, 0.6) is 5.75 Å². The molecular formula is C8H6Cl2NNaO. The Kier molecular flexibility index (Phi) is 3.55. The summed E-state index contributed by atoms with van der Waals surface area (Å²) in [5.74, 6) is 0.0299. The number of rotatable bonds is 0. The van der Waals surface area contributed by atoms with Gasteiger partial charge in [-0.25, -0.2) is 4.09 Å². The fraction of sp³-hybridized carbons (Fsp3) is 0. The SMILES string of the molecule is Oc1c(Cl)n(Cl)c2ccccc12.[NaH]. The van der Waals surface area contributed by atoms with Crippen LogP contribution < -0.4 is 0 Å². The van der Waals surface area contributed by atoms with E-state index in [1.807, 2.05) is 12.1 Å². The van der Waals surface area contributed by atoms with Crippen molar-refractivity contribution >= 4 is 63.8 Å². The Morgan fingerprint density at radius 1 is 1.23 bits per heavy atom. The molecule has 2 nitrogen and oxygen atoms in total. The van der Waals surface area contributed by atoms with E-state index in [-0.39, 0.29) is 40.5 Å². The molecule has 2 aromatic rings. The normalized spacial score (nSPS) is 10.0. The minimum atomic E-state index is 0. The maximum absolute atomic E-state index is 9.44. The molecule has 0 aliphatic carbocycles. The second-order valence-corrected chi connectivity index (χ2v) is 3.13. The van der Waals surface area contributed by atoms with Crippen molar-refractivity contribution in [2.45, 2.75) is 0 Å². The number of aromatic nitrogens is 1. The predicted octanol–water partition coefficient (Wildman–Crippen LogP) is 2.35. The molecule has 64 valence electrons. The van der Waals surface area contributed by atoms with Crippen LogP contribution in [0.15, 0.2) is 24.3 Å². The van der Waals surface area contributed by atoms with Crippen molar-refractivity contribution in [3.05, 3.63) is 29.4 Å². The number of para-hydroxylation sites is 1. The van der Waals surface area contributed by atoms with Crippen LogP contribution in [-0.2, 0) is 0 Å². The summed E-state index contributed by atoms with van der Waals surface area (Å²) in [7, 11) is 0. The number of benzene rings is 1. The first-order valence-corrected chi connectivity index (χ1v) is 4.07. The molecule has 0 spiro atoms. The number of halogens is 2. The molecule has 1 aromatic carbocycles. The summed E-state index contributed by atoms with van der Waals surface area (Å²) in [5.41, 5.74) is 0.710. The molecule has 13 heavy (non-hydrogen) atoms. The Labute approximate surface area is 107 Å². The average molecular weight is 226 g/mol. The van der Waals surface area contributed by atoms with Gasteiger partial charge >= 0.3 is 29.6 Å². The van der Waals surface area contributed by atoms with Gasteiger partial charge in [0.25, 0.3) is 0 Å². The molecule has 0 amide bonds. The van der Waals surface area contributed by atoms with Crippen LogP contribution in [0.1, 0.15) is 0 Å². The standard InChI is InChI=1S/C8H5Cl2NO.Na.H/c9-8-7(12)5-3-1-2-4-6(5)11(8)10;;/h1-4,12H;;. The van der Waals surface area contributed by atoms with Gasteiger partial charge in [-0.15, -0.1) is 0 Å². The molecule has 0 fully saturated rings. The summed E-state index contributed by atoms with van der Waals surface area (Å²) >= 11 is 11.5. The quantitative estimate of drug-likeness (QED) is 0.685. The molecule has 1 aromatic heterocycles. The number of nitrogens with zero attached hydrogens (tertiary/aromatic N) is 1. The average Bonchev–Trinajstić information content (AvgIpc) is 2.33. The van der Waals surface area contributed by atoms with Gasteiger partial charge in [0, 0.05) is 17.2 Å². The third-order valence-corrected chi connectivity index (χ3v) is 2.52. The molecule has 5 heteroatoms. The van der Waals surface area contributed by atoms with E-state index in [2.05, 4.69) is 0 Å². The van der Waals surface area contributed by atoms with Crippen molar-refractivity contribution < 1.29 is 5.11 Å². The van der Waals surface area contributed by atoms with E-state index in [1.54, 1.807) is 12.1 Å². The van der Waals surface area contributed by atoms with E-state index in [0.29, 0.717) is 10.9 Å². The molecule has 1 heterocycles. The maximum atomic E-state index is 9.44. The second kappa shape index (κ2) is 4.11. The summed E-state index contributed by atoms with van der Waals surface area (Å²) in [6.07, 6.45) is 0. The van der Waals surface area contributed by atoms with Crippen molar-refractivity contribution in [2.75, 3.05) is 0 Å². The molecule has 0 bridgehead atoms. The van der Waals surface area contributed by atoms with E-state index in [9.17, 15) is 5.11 Å². The van der Waals surface area contributed by atoms with Crippen LogP contribution >= 0.6 is 23.4 Å². The number of hydrogen-bond donors (Lipinski definition) is 1. The molecule has 0 radical (unpaired) electrons. The van der Waals surface area contributed by atoms with E-state index in [4.69, 9.17) is 23.4 Å². The fourth-order valence-electron chi connectivity index (χ4n) is 1.15. The van der Waals surface area contributed by atoms with Crippen LogP contribution in [0.4, 0.5) is 0 Å². The Morgan fingerprint density at radius 2 is 1.85 bits per heavy atom. The van der Waals surface area contributed by atoms with Gasteiger partial charge in [0.2, 0.25) is 0 Å². The molecule has 1 N–H and O–H groups in total. The predicted molar refractivity (Wildman–Crippen MR) is 57.0 cm³/mol. The Balaban J connectivity index is 0.000000845. The Hall–Kier alpha value is 0.140. The van der Waals surface area contributed by atoms with E-state index in [0.717, 1.165) is 0 Å². The summed E-state index contributed by atoms with van der Waals surface area (Å²) in [4.78, 5) is 0. The number of hydrogen-bond acceptors (Lipinski definition) is 1. The van der Waals surface area contributed by atoms with Gasteiger partial charge in [-0.3, -0.25) is 0 Å². The van der Waals surface area contributed by atoms with Crippen LogP contribution in [0.25, 0.3) is 10.9 Å². The second-order valence-electron chi connectivity index (χ2n) is 2.44.